The monoisotopic (exact) mass is 479 g/mol. The van der Waals surface area contributed by atoms with Crippen molar-refractivity contribution in [2.75, 3.05) is 25.1 Å². The van der Waals surface area contributed by atoms with Crippen LogP contribution in [0.3, 0.4) is 0 Å². The van der Waals surface area contributed by atoms with Gasteiger partial charge in [0.1, 0.15) is 18.1 Å². The zero-order chi connectivity index (χ0) is 23.9. The number of furan rings is 1. The largest absolute Gasteiger partial charge is 0.490 e. The number of likely N-dealkylation sites (N-methyl/N-ethyl adjacent to an activating group) is 1. The van der Waals surface area contributed by atoms with Crippen molar-refractivity contribution in [1.82, 2.24) is 9.29 Å². The molecule has 1 N–H and O–H groups in total. The lowest BCUT2D eigenvalue weighted by Crippen LogP contribution is -2.33. The van der Waals surface area contributed by atoms with E-state index in [1.165, 1.54) is 10.6 Å². The molecule has 0 bridgehead atoms. The molecule has 4 aromatic rings. The van der Waals surface area contributed by atoms with Crippen molar-refractivity contribution in [3.63, 3.8) is 0 Å². The van der Waals surface area contributed by atoms with Crippen LogP contribution in [-0.2, 0) is 23.1 Å². The molecule has 34 heavy (non-hydrogen) atoms. The van der Waals surface area contributed by atoms with E-state index in [0.29, 0.717) is 23.7 Å². The molecule has 1 aliphatic heterocycles. The summed E-state index contributed by atoms with van der Waals surface area (Å²) < 4.78 is 39.9. The molecule has 0 radical (unpaired) electrons. The van der Waals surface area contributed by atoms with Gasteiger partial charge in [0.05, 0.1) is 35.5 Å². The standard InChI is InChI=1S/C25H25N3O5S/c1-17-5-3-6-18-13-19(25(29)26-24(17)18)15-28(16-20-7-4-11-32-20)34(30,31)21-8-9-22-23(14-21)33-12-10-27(22)2/h3-9,11,13-14H,10,12,15-16H2,1-2H3,(H,26,29). The summed E-state index contributed by atoms with van der Waals surface area (Å²) in [5.41, 5.74) is 2.55. The number of rotatable bonds is 6. The van der Waals surface area contributed by atoms with E-state index in [1.807, 2.05) is 37.1 Å². The highest BCUT2D eigenvalue weighted by atomic mass is 32.2. The zero-order valence-electron chi connectivity index (χ0n) is 18.9. The van der Waals surface area contributed by atoms with Crippen LogP contribution in [0.4, 0.5) is 5.69 Å². The van der Waals surface area contributed by atoms with Gasteiger partial charge in [0.25, 0.3) is 5.56 Å². The quantitative estimate of drug-likeness (QED) is 0.454. The molecule has 8 nitrogen and oxygen atoms in total. The van der Waals surface area contributed by atoms with Crippen LogP contribution in [-0.4, -0.2) is 37.9 Å². The van der Waals surface area contributed by atoms with Crippen molar-refractivity contribution in [3.8, 4) is 5.75 Å². The van der Waals surface area contributed by atoms with Crippen molar-refractivity contribution in [1.29, 1.82) is 0 Å². The maximum Gasteiger partial charge on any atom is 0.252 e. The summed E-state index contributed by atoms with van der Waals surface area (Å²) in [6.45, 7) is 3.00. The Morgan fingerprint density at radius 1 is 1.09 bits per heavy atom. The highest BCUT2D eigenvalue weighted by molar-refractivity contribution is 7.89. The van der Waals surface area contributed by atoms with Crippen LogP contribution >= 0.6 is 0 Å². The van der Waals surface area contributed by atoms with E-state index in [0.717, 1.165) is 28.7 Å². The number of aromatic nitrogens is 1. The first-order chi connectivity index (χ1) is 16.3. The van der Waals surface area contributed by atoms with E-state index >= 15 is 0 Å². The number of fused-ring (bicyclic) bond motifs is 2. The molecule has 0 amide bonds. The van der Waals surface area contributed by atoms with E-state index in [2.05, 4.69) is 4.98 Å². The van der Waals surface area contributed by atoms with Gasteiger partial charge in [-0.3, -0.25) is 4.79 Å². The first-order valence-electron chi connectivity index (χ1n) is 10.9. The number of hydrogen-bond acceptors (Lipinski definition) is 6. The van der Waals surface area contributed by atoms with Crippen LogP contribution in [0.2, 0.25) is 0 Å². The van der Waals surface area contributed by atoms with Crippen molar-refractivity contribution in [2.45, 2.75) is 24.9 Å². The Kier molecular flexibility index (Phi) is 5.66. The number of anilines is 1. The van der Waals surface area contributed by atoms with Gasteiger partial charge in [-0.05, 0) is 48.2 Å². The number of sulfonamides is 1. The van der Waals surface area contributed by atoms with Crippen molar-refractivity contribution in [2.24, 2.45) is 0 Å². The van der Waals surface area contributed by atoms with Gasteiger partial charge in [-0.15, -0.1) is 0 Å². The van der Waals surface area contributed by atoms with Gasteiger partial charge in [0, 0.05) is 25.2 Å². The molecule has 2 aromatic carbocycles. The maximum atomic E-state index is 13.8. The average Bonchev–Trinajstić information content (AvgIpc) is 3.33. The molecule has 0 saturated carbocycles. The van der Waals surface area contributed by atoms with Gasteiger partial charge in [0.15, 0.2) is 0 Å². The minimum Gasteiger partial charge on any atom is -0.490 e. The third-order valence-corrected chi connectivity index (χ3v) is 7.88. The SMILES string of the molecule is Cc1cccc2cc(CN(Cc3ccco3)S(=O)(=O)c3ccc4c(c3)OCCN4C)c(=O)[nH]c12. The van der Waals surface area contributed by atoms with E-state index < -0.39 is 10.0 Å². The van der Waals surface area contributed by atoms with Gasteiger partial charge in [0.2, 0.25) is 10.0 Å². The molecule has 3 heterocycles. The van der Waals surface area contributed by atoms with E-state index in [9.17, 15) is 13.2 Å². The third kappa shape index (κ3) is 4.08. The first kappa shape index (κ1) is 22.2. The number of benzene rings is 2. The lowest BCUT2D eigenvalue weighted by atomic mass is 10.1. The number of ether oxygens (including phenoxy) is 1. The van der Waals surface area contributed by atoms with E-state index in [4.69, 9.17) is 9.15 Å². The number of para-hydroxylation sites is 1. The number of nitrogens with one attached hydrogen (secondary N) is 1. The van der Waals surface area contributed by atoms with E-state index in [-0.39, 0.29) is 23.5 Å². The molecule has 176 valence electrons. The fourth-order valence-electron chi connectivity index (χ4n) is 4.19. The molecule has 9 heteroatoms. The van der Waals surface area contributed by atoms with Crippen molar-refractivity contribution in [3.05, 3.63) is 88.1 Å². The van der Waals surface area contributed by atoms with Crippen LogP contribution in [0, 0.1) is 6.92 Å². The van der Waals surface area contributed by atoms with Crippen molar-refractivity contribution >= 4 is 26.6 Å². The van der Waals surface area contributed by atoms with Crippen LogP contribution in [0.15, 0.2) is 75.0 Å². The van der Waals surface area contributed by atoms with Gasteiger partial charge in [-0.1, -0.05) is 18.2 Å². The number of pyridine rings is 1. The fourth-order valence-corrected chi connectivity index (χ4v) is 5.59. The Morgan fingerprint density at radius 2 is 1.94 bits per heavy atom. The molecule has 0 saturated heterocycles. The summed E-state index contributed by atoms with van der Waals surface area (Å²) in [7, 11) is -2.05. The highest BCUT2D eigenvalue weighted by Gasteiger charge is 2.29. The number of nitrogens with zero attached hydrogens (tertiary/aromatic N) is 2. The summed E-state index contributed by atoms with van der Waals surface area (Å²) in [5, 5.41) is 0.843. The molecule has 5 rings (SSSR count). The average molecular weight is 480 g/mol. The predicted molar refractivity (Wildman–Crippen MR) is 130 cm³/mol. The minimum absolute atomic E-state index is 0.0154. The Bertz CT molecular complexity index is 1510. The summed E-state index contributed by atoms with van der Waals surface area (Å²) >= 11 is 0. The summed E-state index contributed by atoms with van der Waals surface area (Å²) in [6.07, 6.45) is 1.49. The summed E-state index contributed by atoms with van der Waals surface area (Å²) in [4.78, 5) is 17.9. The van der Waals surface area contributed by atoms with Crippen molar-refractivity contribution < 1.29 is 17.6 Å². The second-order valence-corrected chi connectivity index (χ2v) is 10.4. The molecular weight excluding hydrogens is 454 g/mol. The molecule has 0 fully saturated rings. The number of H-pyrrole nitrogens is 1. The maximum absolute atomic E-state index is 13.8. The van der Waals surface area contributed by atoms with Crippen LogP contribution in [0.1, 0.15) is 16.9 Å². The molecular formula is C25H25N3O5S. The summed E-state index contributed by atoms with van der Waals surface area (Å²) in [5.74, 6) is 0.998. The van der Waals surface area contributed by atoms with Gasteiger partial charge < -0.3 is 19.0 Å². The second-order valence-electron chi connectivity index (χ2n) is 8.41. The van der Waals surface area contributed by atoms with Crippen LogP contribution in [0.25, 0.3) is 10.9 Å². The summed E-state index contributed by atoms with van der Waals surface area (Å²) in [6, 6.07) is 15.7. The fraction of sp³-hybridized carbons (Fsp3) is 0.240. The molecule has 0 unspecified atom stereocenters. The third-order valence-electron chi connectivity index (χ3n) is 6.09. The predicted octanol–water partition coefficient (Wildman–Crippen LogP) is 3.65. The Labute approximate surface area is 197 Å². The van der Waals surface area contributed by atoms with Gasteiger partial charge in [-0.2, -0.15) is 4.31 Å². The Balaban J connectivity index is 1.56. The molecule has 2 aromatic heterocycles. The van der Waals surface area contributed by atoms with Crippen LogP contribution < -0.4 is 15.2 Å². The first-order valence-corrected chi connectivity index (χ1v) is 12.4. The topological polar surface area (TPSA) is 95.8 Å². The highest BCUT2D eigenvalue weighted by Crippen LogP contribution is 2.34. The van der Waals surface area contributed by atoms with Gasteiger partial charge in [-0.25, -0.2) is 8.42 Å². The lowest BCUT2D eigenvalue weighted by molar-refractivity contribution is 0.310. The Morgan fingerprint density at radius 3 is 2.74 bits per heavy atom. The molecule has 0 aliphatic carbocycles. The minimum atomic E-state index is -3.98. The Hall–Kier alpha value is -3.56. The smallest absolute Gasteiger partial charge is 0.252 e. The zero-order valence-corrected chi connectivity index (χ0v) is 19.8. The van der Waals surface area contributed by atoms with Gasteiger partial charge >= 0.3 is 0 Å². The number of aryl methyl sites for hydroxylation is 1. The number of aromatic amines is 1. The van der Waals surface area contributed by atoms with Crippen LogP contribution in [0.5, 0.6) is 5.75 Å². The second kappa shape index (κ2) is 8.66. The van der Waals surface area contributed by atoms with E-state index in [1.54, 1.807) is 36.4 Å². The molecule has 1 aliphatic rings. The molecule has 0 spiro atoms. The lowest BCUT2D eigenvalue weighted by Gasteiger charge is -2.28. The number of hydrogen-bond donors (Lipinski definition) is 1. The molecule has 0 atom stereocenters. The normalized spacial score (nSPS) is 13.8.